The first kappa shape index (κ1) is 26.1. The lowest BCUT2D eigenvalue weighted by atomic mass is 9.59. The number of aromatic nitrogens is 1. The van der Waals surface area contributed by atoms with Crippen LogP contribution in [0.1, 0.15) is 24.0 Å². The number of anilines is 1. The second-order valence-electron chi connectivity index (χ2n) is 9.81. The second kappa shape index (κ2) is 9.33. The van der Waals surface area contributed by atoms with Crippen LogP contribution in [-0.2, 0) is 30.3 Å². The van der Waals surface area contributed by atoms with Gasteiger partial charge in [-0.2, -0.15) is 0 Å². The van der Waals surface area contributed by atoms with Gasteiger partial charge < -0.3 is 36.2 Å². The van der Waals surface area contributed by atoms with Crippen molar-refractivity contribution in [1.82, 2.24) is 4.98 Å². The highest BCUT2D eigenvalue weighted by atomic mass is 16.5. The number of aromatic hydroxyl groups is 1. The van der Waals surface area contributed by atoms with Crippen LogP contribution in [0.15, 0.2) is 47.4 Å². The number of phenols is 1. The summed E-state index contributed by atoms with van der Waals surface area (Å²) in [6.07, 6.45) is 1.30. The Labute approximate surface area is 221 Å². The van der Waals surface area contributed by atoms with E-state index in [1.807, 2.05) is 0 Å². The Kier molecular flexibility index (Phi) is 6.24. The van der Waals surface area contributed by atoms with Crippen LogP contribution in [0.25, 0.3) is 16.9 Å². The third-order valence-electron chi connectivity index (χ3n) is 7.56. The molecular weight excluding hydrogens is 510 g/mol. The first-order valence-corrected chi connectivity index (χ1v) is 12.1. The number of primary amides is 1. The summed E-state index contributed by atoms with van der Waals surface area (Å²) in [4.78, 5) is 53.9. The molecule has 0 unspecified atom stereocenters. The van der Waals surface area contributed by atoms with E-state index in [4.69, 9.17) is 10.5 Å². The van der Waals surface area contributed by atoms with Crippen molar-refractivity contribution in [3.8, 4) is 16.9 Å². The first-order chi connectivity index (χ1) is 18.5. The number of ether oxygens (including phenoxy) is 1. The molecular formula is C27H25N3O9. The van der Waals surface area contributed by atoms with E-state index in [-0.39, 0.29) is 42.2 Å². The number of pyridine rings is 1. The number of aliphatic hydroxyl groups is 3. The van der Waals surface area contributed by atoms with Crippen LogP contribution in [-0.4, -0.2) is 68.1 Å². The van der Waals surface area contributed by atoms with E-state index in [1.165, 1.54) is 19.4 Å². The van der Waals surface area contributed by atoms with E-state index in [0.717, 1.165) is 0 Å². The number of hydrogen-bond donors (Lipinski definition) is 6. The Morgan fingerprint density at radius 1 is 1.15 bits per heavy atom. The predicted molar refractivity (Wildman–Crippen MR) is 135 cm³/mol. The smallest absolute Gasteiger partial charge is 0.255 e. The molecule has 2 aromatic rings. The second-order valence-corrected chi connectivity index (χ2v) is 9.81. The maximum Gasteiger partial charge on any atom is 0.255 e. The molecule has 5 rings (SSSR count). The number of hydrogen-bond acceptors (Lipinski definition) is 10. The number of rotatable bonds is 5. The summed E-state index contributed by atoms with van der Waals surface area (Å²) in [6, 6.07) is 6.24. The van der Waals surface area contributed by atoms with Crippen molar-refractivity contribution in [1.29, 1.82) is 0 Å². The van der Waals surface area contributed by atoms with Gasteiger partial charge in [0, 0.05) is 36.8 Å². The van der Waals surface area contributed by atoms with Crippen LogP contribution in [0.4, 0.5) is 5.82 Å². The number of phenolic OH excluding ortho intramolecular Hbond substituents is 1. The number of nitrogens with zero attached hydrogens (tertiary/aromatic N) is 1. The molecule has 3 atom stereocenters. The minimum absolute atomic E-state index is 0.0166. The molecule has 39 heavy (non-hydrogen) atoms. The van der Waals surface area contributed by atoms with Crippen LogP contribution < -0.4 is 11.1 Å². The number of methoxy groups -OCH3 is 1. The molecule has 2 amide bonds. The highest BCUT2D eigenvalue weighted by molar-refractivity contribution is 6.22. The summed E-state index contributed by atoms with van der Waals surface area (Å²) in [5.74, 6) is -6.91. The molecule has 0 spiro atoms. The summed E-state index contributed by atoms with van der Waals surface area (Å²) in [6.45, 7) is -0.137. The number of Topliss-reactive ketones (excluding diaryl/α,β-unsaturated/α-hetero) is 2. The number of benzene rings is 1. The van der Waals surface area contributed by atoms with Gasteiger partial charge in [-0.3, -0.25) is 19.2 Å². The maximum atomic E-state index is 13.6. The molecule has 3 aliphatic carbocycles. The van der Waals surface area contributed by atoms with Crippen LogP contribution in [0.3, 0.4) is 0 Å². The molecule has 7 N–H and O–H groups in total. The van der Waals surface area contributed by atoms with Gasteiger partial charge in [0.2, 0.25) is 5.78 Å². The third kappa shape index (κ3) is 3.96. The van der Waals surface area contributed by atoms with Crippen molar-refractivity contribution in [2.75, 3.05) is 19.0 Å². The standard InChI is InChI=1S/C27H25N3O9/c1-39-10-19(33)30-18-5-2-11(9-29-18)14-3-4-16(31)21-15(14)7-12-6-13-8-17(32)22(26(28)37)25(36)27(13,38)24(35)20(12)23(21)34/h2-5,9,12-13,31,34,36,38H,6-8,10H2,1H3,(H2,28,37)(H,29,30,33)/t12-,13+,27+/m1/s1. The number of nitrogens with two attached hydrogens (primary N) is 1. The fraction of sp³-hybridized carbons (Fsp3) is 0.296. The SMILES string of the molecule is COCC(=O)Nc1ccc(-c2ccc(O)c3c2C[C@H]2C[C@H]4CC(=O)C(C(N)=O)=C(O)[C@@]4(O)C(=O)C2=C3O)cn1. The Morgan fingerprint density at radius 2 is 1.90 bits per heavy atom. The number of carbonyl (C=O) groups excluding carboxylic acids is 4. The summed E-state index contributed by atoms with van der Waals surface area (Å²) < 4.78 is 4.78. The van der Waals surface area contributed by atoms with Gasteiger partial charge in [-0.15, -0.1) is 0 Å². The Bertz CT molecular complexity index is 1510. The highest BCUT2D eigenvalue weighted by Crippen LogP contribution is 2.53. The Balaban J connectivity index is 1.58. The predicted octanol–water partition coefficient (Wildman–Crippen LogP) is 1.07. The van der Waals surface area contributed by atoms with Gasteiger partial charge in [0.1, 0.15) is 35.3 Å². The molecule has 1 heterocycles. The lowest BCUT2D eigenvalue weighted by Crippen LogP contribution is -2.58. The number of nitrogens with one attached hydrogen (secondary N) is 1. The fourth-order valence-electron chi connectivity index (χ4n) is 5.83. The largest absolute Gasteiger partial charge is 0.508 e. The lowest BCUT2D eigenvalue weighted by molar-refractivity contribution is -0.147. The Hall–Kier alpha value is -4.55. The molecule has 202 valence electrons. The van der Waals surface area contributed by atoms with Crippen LogP contribution in [0.2, 0.25) is 0 Å². The molecule has 0 aliphatic heterocycles. The Morgan fingerprint density at radius 3 is 2.54 bits per heavy atom. The maximum absolute atomic E-state index is 13.6. The van der Waals surface area contributed by atoms with E-state index in [9.17, 15) is 39.6 Å². The van der Waals surface area contributed by atoms with E-state index < -0.39 is 58.4 Å². The van der Waals surface area contributed by atoms with E-state index in [0.29, 0.717) is 22.5 Å². The average Bonchev–Trinajstić information content (AvgIpc) is 2.87. The van der Waals surface area contributed by atoms with Crippen LogP contribution >= 0.6 is 0 Å². The van der Waals surface area contributed by atoms with Crippen LogP contribution in [0.5, 0.6) is 5.75 Å². The van der Waals surface area contributed by atoms with Crippen molar-refractivity contribution in [3.63, 3.8) is 0 Å². The fourth-order valence-corrected chi connectivity index (χ4v) is 5.83. The minimum atomic E-state index is -2.62. The zero-order chi connectivity index (χ0) is 28.2. The number of fused-ring (bicyclic) bond motifs is 3. The van der Waals surface area contributed by atoms with Gasteiger partial charge in [-0.05, 0) is 48.1 Å². The molecule has 1 aromatic heterocycles. The number of amides is 2. The molecule has 3 aliphatic rings. The van der Waals surface area contributed by atoms with Crippen molar-refractivity contribution in [2.24, 2.45) is 17.6 Å². The molecule has 0 radical (unpaired) electrons. The average molecular weight is 536 g/mol. The van der Waals surface area contributed by atoms with Crippen LogP contribution in [0, 0.1) is 11.8 Å². The van der Waals surface area contributed by atoms with Gasteiger partial charge >= 0.3 is 0 Å². The summed E-state index contributed by atoms with van der Waals surface area (Å²) in [5.41, 5.74) is 3.24. The lowest BCUT2D eigenvalue weighted by Gasteiger charge is -2.46. The van der Waals surface area contributed by atoms with Gasteiger partial charge in [-0.25, -0.2) is 4.98 Å². The quantitative estimate of drug-likeness (QED) is 0.300. The summed E-state index contributed by atoms with van der Waals surface area (Å²) in [5, 5.41) is 46.5. The molecule has 1 fully saturated rings. The number of ketones is 2. The van der Waals surface area contributed by atoms with Crippen molar-refractivity contribution in [3.05, 3.63) is 58.5 Å². The minimum Gasteiger partial charge on any atom is -0.508 e. The van der Waals surface area contributed by atoms with Crippen molar-refractivity contribution >= 4 is 35.0 Å². The summed E-state index contributed by atoms with van der Waals surface area (Å²) >= 11 is 0. The van der Waals surface area contributed by atoms with E-state index >= 15 is 0 Å². The molecule has 12 nitrogen and oxygen atoms in total. The van der Waals surface area contributed by atoms with Gasteiger partial charge in [0.05, 0.1) is 5.56 Å². The molecule has 0 saturated heterocycles. The molecule has 0 bridgehead atoms. The summed E-state index contributed by atoms with van der Waals surface area (Å²) in [7, 11) is 1.39. The number of aliphatic hydroxyl groups excluding tert-OH is 2. The topological polar surface area (TPSA) is 209 Å². The van der Waals surface area contributed by atoms with Gasteiger partial charge in [0.25, 0.3) is 11.8 Å². The monoisotopic (exact) mass is 535 g/mol. The molecule has 1 aromatic carbocycles. The third-order valence-corrected chi connectivity index (χ3v) is 7.56. The van der Waals surface area contributed by atoms with E-state index in [1.54, 1.807) is 18.2 Å². The van der Waals surface area contributed by atoms with Gasteiger partial charge in [-0.1, -0.05) is 6.07 Å². The van der Waals surface area contributed by atoms with Gasteiger partial charge in [0.15, 0.2) is 11.4 Å². The molecule has 12 heteroatoms. The number of carbonyl (C=O) groups is 4. The normalized spacial score (nSPS) is 24.2. The first-order valence-electron chi connectivity index (χ1n) is 12.1. The van der Waals surface area contributed by atoms with E-state index in [2.05, 4.69) is 10.3 Å². The highest BCUT2D eigenvalue weighted by Gasteiger charge is 2.60. The zero-order valence-corrected chi connectivity index (χ0v) is 20.7. The van der Waals surface area contributed by atoms with Crippen molar-refractivity contribution < 1.29 is 44.3 Å². The molecule has 1 saturated carbocycles. The zero-order valence-electron chi connectivity index (χ0n) is 20.7. The van der Waals surface area contributed by atoms with Crippen molar-refractivity contribution in [2.45, 2.75) is 24.9 Å².